The summed E-state index contributed by atoms with van der Waals surface area (Å²) >= 11 is 0. The number of phenolic OH excluding ortho intramolecular Hbond substituents is 1. The molecule has 0 bridgehead atoms. The Bertz CT molecular complexity index is 1280. The maximum atomic E-state index is 12.6. The van der Waals surface area contributed by atoms with Gasteiger partial charge in [0.05, 0.1) is 12.7 Å². The van der Waals surface area contributed by atoms with Crippen LogP contribution in [0.5, 0.6) is 17.2 Å². The average molecular weight is 541 g/mol. The molecule has 4 rings (SSSR count). The fourth-order valence-electron chi connectivity index (χ4n) is 3.92. The van der Waals surface area contributed by atoms with Gasteiger partial charge in [0, 0.05) is 5.56 Å². The molecule has 3 aromatic rings. The Hall–Kier alpha value is -4.16. The van der Waals surface area contributed by atoms with Crippen LogP contribution in [0.25, 0.3) is 0 Å². The number of carbonyl (C=O) groups is 2. The van der Waals surface area contributed by atoms with E-state index in [1.54, 1.807) is 48.5 Å². The van der Waals surface area contributed by atoms with Gasteiger partial charge in [0.2, 0.25) is 6.29 Å². The number of hydrogen-bond acceptors (Lipinski definition) is 11. The maximum Gasteiger partial charge on any atom is 0.342 e. The van der Waals surface area contributed by atoms with Crippen LogP contribution in [-0.4, -0.2) is 76.8 Å². The van der Waals surface area contributed by atoms with Crippen LogP contribution in [-0.2, 0) is 20.8 Å². The molecule has 0 aliphatic carbocycles. The van der Waals surface area contributed by atoms with Gasteiger partial charge in [-0.1, -0.05) is 30.3 Å². The summed E-state index contributed by atoms with van der Waals surface area (Å²) in [5.74, 6) is -1.11. The van der Waals surface area contributed by atoms with Crippen molar-refractivity contribution in [1.29, 1.82) is 0 Å². The van der Waals surface area contributed by atoms with Crippen LogP contribution in [0.15, 0.2) is 72.8 Å². The van der Waals surface area contributed by atoms with Crippen LogP contribution >= 0.6 is 0 Å². The number of para-hydroxylation sites is 1. The molecule has 1 aliphatic rings. The molecule has 1 aliphatic heterocycles. The second kappa shape index (κ2) is 12.6. The minimum Gasteiger partial charge on any atom is -0.508 e. The van der Waals surface area contributed by atoms with Crippen molar-refractivity contribution in [3.05, 3.63) is 89.5 Å². The molecule has 1 fully saturated rings. The lowest BCUT2D eigenvalue weighted by molar-refractivity contribution is -0.277. The first kappa shape index (κ1) is 27.9. The van der Waals surface area contributed by atoms with Crippen molar-refractivity contribution < 1.29 is 53.7 Å². The fraction of sp³-hybridized carbons (Fsp3) is 0.286. The number of aromatic hydroxyl groups is 1. The second-order valence-corrected chi connectivity index (χ2v) is 8.67. The van der Waals surface area contributed by atoms with Crippen molar-refractivity contribution in [3.63, 3.8) is 0 Å². The van der Waals surface area contributed by atoms with Gasteiger partial charge in [0.25, 0.3) is 0 Å². The Balaban J connectivity index is 1.45. The van der Waals surface area contributed by atoms with E-state index in [-0.39, 0.29) is 34.8 Å². The summed E-state index contributed by atoms with van der Waals surface area (Å²) in [6.45, 7) is -0.760. The van der Waals surface area contributed by atoms with Crippen LogP contribution < -0.4 is 9.47 Å². The highest BCUT2D eigenvalue weighted by Gasteiger charge is 2.45. The van der Waals surface area contributed by atoms with Gasteiger partial charge in [0.1, 0.15) is 60.4 Å². The third kappa shape index (κ3) is 6.65. The van der Waals surface area contributed by atoms with Crippen molar-refractivity contribution >= 4 is 11.9 Å². The van der Waals surface area contributed by atoms with Crippen LogP contribution in [0.2, 0.25) is 0 Å². The standard InChI is InChI=1S/C28H28O11/c1-35-21-10-6-5-9-19(21)27(34)36-14-17-13-18(29)11-12-20(17)38-28-25(32)24(31)23(30)22(39-28)15-37-26(33)16-7-3-2-4-8-16/h2-13,22-25,28-32H,14-15H2,1H3. The molecule has 5 atom stereocenters. The normalized spacial score (nSPS) is 22.5. The van der Waals surface area contributed by atoms with E-state index in [2.05, 4.69) is 0 Å². The lowest BCUT2D eigenvalue weighted by atomic mass is 9.99. The van der Waals surface area contributed by atoms with Crippen LogP contribution in [0.3, 0.4) is 0 Å². The Kier molecular flexibility index (Phi) is 8.99. The smallest absolute Gasteiger partial charge is 0.342 e. The summed E-state index contributed by atoms with van der Waals surface area (Å²) in [5.41, 5.74) is 0.702. The third-order valence-corrected chi connectivity index (χ3v) is 6.03. The highest BCUT2D eigenvalue weighted by Crippen LogP contribution is 2.30. The third-order valence-electron chi connectivity index (χ3n) is 6.03. The molecule has 3 aromatic carbocycles. The van der Waals surface area contributed by atoms with Crippen molar-refractivity contribution in [2.24, 2.45) is 0 Å². The first-order valence-corrected chi connectivity index (χ1v) is 12.0. The number of aliphatic hydroxyl groups is 3. The Morgan fingerprint density at radius 2 is 1.54 bits per heavy atom. The van der Waals surface area contributed by atoms with Gasteiger partial charge in [0.15, 0.2) is 0 Å². The summed E-state index contributed by atoms with van der Waals surface area (Å²) < 4.78 is 27.2. The summed E-state index contributed by atoms with van der Waals surface area (Å²) in [4.78, 5) is 24.9. The quantitative estimate of drug-likeness (QED) is 0.293. The second-order valence-electron chi connectivity index (χ2n) is 8.67. The predicted molar refractivity (Wildman–Crippen MR) is 134 cm³/mol. The van der Waals surface area contributed by atoms with Gasteiger partial charge in [-0.2, -0.15) is 0 Å². The predicted octanol–water partition coefficient (Wildman–Crippen LogP) is 1.80. The molecule has 0 aromatic heterocycles. The lowest BCUT2D eigenvalue weighted by Gasteiger charge is -2.40. The van der Waals surface area contributed by atoms with E-state index in [1.165, 1.54) is 31.4 Å². The zero-order valence-electron chi connectivity index (χ0n) is 20.9. The number of carbonyl (C=O) groups excluding carboxylic acids is 2. The minimum absolute atomic E-state index is 0.0632. The Morgan fingerprint density at radius 1 is 0.821 bits per heavy atom. The highest BCUT2D eigenvalue weighted by atomic mass is 16.7. The first-order chi connectivity index (χ1) is 18.8. The molecule has 0 radical (unpaired) electrons. The van der Waals surface area contributed by atoms with E-state index in [4.69, 9.17) is 23.7 Å². The summed E-state index contributed by atoms with van der Waals surface area (Å²) in [5, 5.41) is 41.2. The number of rotatable bonds is 9. The lowest BCUT2D eigenvalue weighted by Crippen LogP contribution is -2.60. The minimum atomic E-state index is -1.69. The van der Waals surface area contributed by atoms with Gasteiger partial charge >= 0.3 is 11.9 Å². The van der Waals surface area contributed by atoms with Crippen molar-refractivity contribution in [1.82, 2.24) is 0 Å². The molecule has 0 saturated carbocycles. The number of esters is 2. The van der Waals surface area contributed by atoms with Crippen molar-refractivity contribution in [2.45, 2.75) is 37.3 Å². The van der Waals surface area contributed by atoms with Crippen LogP contribution in [0.1, 0.15) is 26.3 Å². The van der Waals surface area contributed by atoms with Gasteiger partial charge in [-0.25, -0.2) is 9.59 Å². The van der Waals surface area contributed by atoms with Crippen molar-refractivity contribution in [2.75, 3.05) is 13.7 Å². The first-order valence-electron chi connectivity index (χ1n) is 12.0. The largest absolute Gasteiger partial charge is 0.508 e. The van der Waals surface area contributed by atoms with Crippen LogP contribution in [0, 0.1) is 0 Å². The zero-order chi connectivity index (χ0) is 27.9. The number of hydrogen-bond donors (Lipinski definition) is 4. The number of aliphatic hydroxyl groups excluding tert-OH is 3. The molecular weight excluding hydrogens is 512 g/mol. The topological polar surface area (TPSA) is 161 Å². The average Bonchev–Trinajstić information content (AvgIpc) is 2.96. The molecule has 11 nitrogen and oxygen atoms in total. The van der Waals surface area contributed by atoms with Gasteiger partial charge in [-0.3, -0.25) is 0 Å². The Labute approximate surface area is 223 Å². The maximum absolute atomic E-state index is 12.6. The monoisotopic (exact) mass is 540 g/mol. The SMILES string of the molecule is COc1ccccc1C(=O)OCc1cc(O)ccc1OC1OC(COC(=O)c2ccccc2)C(O)C(O)C1O. The Morgan fingerprint density at radius 3 is 2.28 bits per heavy atom. The fourth-order valence-corrected chi connectivity index (χ4v) is 3.92. The molecule has 0 spiro atoms. The van der Waals surface area contributed by atoms with E-state index >= 15 is 0 Å². The number of ether oxygens (including phenoxy) is 5. The summed E-state index contributed by atoms with van der Waals surface area (Å²) in [7, 11) is 1.42. The van der Waals surface area contributed by atoms with Gasteiger partial charge in [-0.05, 0) is 42.5 Å². The van der Waals surface area contributed by atoms with E-state index in [0.29, 0.717) is 5.75 Å². The molecule has 206 valence electrons. The zero-order valence-corrected chi connectivity index (χ0v) is 20.9. The molecule has 1 saturated heterocycles. The molecule has 5 unspecified atom stereocenters. The molecule has 11 heteroatoms. The highest BCUT2D eigenvalue weighted by molar-refractivity contribution is 5.92. The molecule has 4 N–H and O–H groups in total. The summed E-state index contributed by atoms with van der Waals surface area (Å²) in [6.07, 6.45) is -7.68. The van der Waals surface area contributed by atoms with Crippen molar-refractivity contribution in [3.8, 4) is 17.2 Å². The van der Waals surface area contributed by atoms with E-state index < -0.39 is 49.3 Å². The molecule has 39 heavy (non-hydrogen) atoms. The van der Waals surface area contributed by atoms with E-state index in [1.807, 2.05) is 0 Å². The van der Waals surface area contributed by atoms with Gasteiger partial charge < -0.3 is 44.1 Å². The number of methoxy groups -OCH3 is 1. The summed E-state index contributed by atoms with van der Waals surface area (Å²) in [6, 6.07) is 18.6. The van der Waals surface area contributed by atoms with E-state index in [0.717, 1.165) is 0 Å². The van der Waals surface area contributed by atoms with Crippen LogP contribution in [0.4, 0.5) is 0 Å². The van der Waals surface area contributed by atoms with E-state index in [9.17, 15) is 30.0 Å². The number of benzene rings is 3. The molecule has 1 heterocycles. The molecule has 0 amide bonds. The van der Waals surface area contributed by atoms with Gasteiger partial charge in [-0.15, -0.1) is 0 Å². The molecular formula is C28H28O11. The number of phenols is 1.